The maximum atomic E-state index is 5.81. The number of nitrogens with two attached hydrogens (primary N) is 2. The van der Waals surface area contributed by atoms with E-state index in [9.17, 15) is 0 Å². The Morgan fingerprint density at radius 2 is 2.03 bits per heavy atom. The van der Waals surface area contributed by atoms with Crippen molar-refractivity contribution in [3.63, 3.8) is 0 Å². The summed E-state index contributed by atoms with van der Waals surface area (Å²) in [5, 5.41) is 6.30. The summed E-state index contributed by atoms with van der Waals surface area (Å²) in [6, 6.07) is 7.65. The molecule has 2 aromatic rings. The lowest BCUT2D eigenvalue weighted by Crippen LogP contribution is -2.15. The second-order valence-electron chi connectivity index (χ2n) is 6.08. The van der Waals surface area contributed by atoms with Gasteiger partial charge in [-0.2, -0.15) is 0 Å². The molecule has 0 aliphatic rings. The quantitative estimate of drug-likeness (QED) is 0.350. The highest BCUT2D eigenvalue weighted by Gasteiger charge is 2.08. The van der Waals surface area contributed by atoms with Crippen molar-refractivity contribution < 1.29 is 4.74 Å². The molecule has 30 heavy (non-hydrogen) atoms. The second kappa shape index (κ2) is 13.9. The van der Waals surface area contributed by atoms with Crippen LogP contribution in [-0.4, -0.2) is 36.7 Å². The van der Waals surface area contributed by atoms with Crippen LogP contribution in [0.25, 0.3) is 5.57 Å². The van der Waals surface area contributed by atoms with Crippen LogP contribution in [0.15, 0.2) is 61.0 Å². The smallest absolute Gasteiger partial charge is 0.227 e. The number of allylic oxidation sites excluding steroid dienone is 2. The van der Waals surface area contributed by atoms with Gasteiger partial charge in [0.15, 0.2) is 0 Å². The van der Waals surface area contributed by atoms with Gasteiger partial charge >= 0.3 is 0 Å². The first-order chi connectivity index (χ1) is 14.6. The minimum atomic E-state index is 0.337. The molecule has 162 valence electrons. The number of likely N-dealkylation sites (N-methyl/N-ethyl adjacent to an activating group) is 1. The number of rotatable bonds is 10. The first-order valence-corrected chi connectivity index (χ1v) is 10.0. The third kappa shape index (κ3) is 7.69. The summed E-state index contributed by atoms with van der Waals surface area (Å²) in [4.78, 5) is 8.86. The van der Waals surface area contributed by atoms with Gasteiger partial charge in [-0.3, -0.25) is 0 Å². The number of nitrogens with zero attached hydrogens (tertiary/aromatic N) is 2. The molecule has 0 saturated heterocycles. The summed E-state index contributed by atoms with van der Waals surface area (Å²) in [5.74, 6) is 1.31. The molecule has 0 spiro atoms. The van der Waals surface area contributed by atoms with Gasteiger partial charge in [0.1, 0.15) is 12.4 Å². The Hall–Kier alpha value is -3.16. The van der Waals surface area contributed by atoms with Crippen molar-refractivity contribution in [2.45, 2.75) is 20.8 Å². The average Bonchev–Trinajstić information content (AvgIpc) is 2.78. The molecule has 7 heteroatoms. The Morgan fingerprint density at radius 1 is 1.27 bits per heavy atom. The van der Waals surface area contributed by atoms with Crippen LogP contribution in [0, 0.1) is 6.92 Å². The molecule has 1 heterocycles. The first kappa shape index (κ1) is 24.9. The lowest BCUT2D eigenvalue weighted by molar-refractivity contribution is 0.318. The van der Waals surface area contributed by atoms with E-state index in [0.29, 0.717) is 24.8 Å². The Kier molecular flexibility index (Phi) is 11.5. The van der Waals surface area contributed by atoms with Gasteiger partial charge in [0.25, 0.3) is 0 Å². The molecule has 0 bridgehead atoms. The summed E-state index contributed by atoms with van der Waals surface area (Å²) in [6.45, 7) is 11.9. The van der Waals surface area contributed by atoms with Crippen LogP contribution in [0.1, 0.15) is 25.1 Å². The fourth-order valence-electron chi connectivity index (χ4n) is 2.47. The monoisotopic (exact) mass is 410 g/mol. The highest BCUT2D eigenvalue weighted by molar-refractivity contribution is 5.76. The van der Waals surface area contributed by atoms with E-state index < -0.39 is 0 Å². The molecule has 0 unspecified atom stereocenters. The van der Waals surface area contributed by atoms with Crippen LogP contribution < -0.4 is 26.8 Å². The van der Waals surface area contributed by atoms with Crippen LogP contribution in [0.5, 0.6) is 5.75 Å². The molecule has 6 N–H and O–H groups in total. The van der Waals surface area contributed by atoms with E-state index in [4.69, 9.17) is 16.2 Å². The number of aromatic nitrogens is 2. The van der Waals surface area contributed by atoms with Crippen molar-refractivity contribution in [3.05, 3.63) is 72.2 Å². The number of aryl methyl sites for hydroxylation is 1. The molecule has 0 amide bonds. The number of benzene rings is 1. The standard InChI is InChI=1S/C21H28N6O.C2H6/c1-15-13-18(28-12-11-24-3)6-7-19(15)26-21-25-10-8-20(27-21)16(2)17(14-23)5-4-9-22;1-2/h4-10,13,24H,2,11-12,14,22-23H2,1,3H3,(H,25,26,27);1-2H3/b9-4-,17-5+;. The molecular formula is C23H34N6O. The SMILES string of the molecule is C=C(/C(=C/C=C\N)CN)c1ccnc(Nc2ccc(OCCNC)cc2C)n1.CC. The van der Waals surface area contributed by atoms with Crippen molar-refractivity contribution in [1.29, 1.82) is 0 Å². The van der Waals surface area contributed by atoms with Crippen LogP contribution in [0.2, 0.25) is 0 Å². The molecule has 0 aliphatic carbocycles. The predicted octanol–water partition coefficient (Wildman–Crippen LogP) is 3.52. The maximum Gasteiger partial charge on any atom is 0.227 e. The van der Waals surface area contributed by atoms with Gasteiger partial charge in [0, 0.05) is 25.0 Å². The second-order valence-corrected chi connectivity index (χ2v) is 6.08. The predicted molar refractivity (Wildman–Crippen MR) is 127 cm³/mol. The Labute approximate surface area is 180 Å². The van der Waals surface area contributed by atoms with E-state index in [1.165, 1.54) is 6.20 Å². The number of hydrogen-bond donors (Lipinski definition) is 4. The van der Waals surface area contributed by atoms with Crippen LogP contribution in [0.4, 0.5) is 11.6 Å². The molecule has 2 rings (SSSR count). The van der Waals surface area contributed by atoms with Gasteiger partial charge in [-0.15, -0.1) is 0 Å². The van der Waals surface area contributed by atoms with Crippen molar-refractivity contribution in [3.8, 4) is 5.75 Å². The summed E-state index contributed by atoms with van der Waals surface area (Å²) < 4.78 is 5.69. The maximum absolute atomic E-state index is 5.81. The van der Waals surface area contributed by atoms with Gasteiger partial charge in [-0.05, 0) is 67.2 Å². The lowest BCUT2D eigenvalue weighted by Gasteiger charge is -2.13. The van der Waals surface area contributed by atoms with Crippen LogP contribution in [-0.2, 0) is 0 Å². The number of anilines is 2. The number of hydrogen-bond acceptors (Lipinski definition) is 7. The molecule has 0 atom stereocenters. The van der Waals surface area contributed by atoms with E-state index in [0.717, 1.165) is 34.7 Å². The topological polar surface area (TPSA) is 111 Å². The summed E-state index contributed by atoms with van der Waals surface area (Å²) in [6.07, 6.45) is 6.68. The minimum absolute atomic E-state index is 0.337. The highest BCUT2D eigenvalue weighted by atomic mass is 16.5. The lowest BCUT2D eigenvalue weighted by atomic mass is 10.0. The zero-order chi connectivity index (χ0) is 22.4. The minimum Gasteiger partial charge on any atom is -0.492 e. The third-order valence-electron chi connectivity index (χ3n) is 4.05. The fourth-order valence-corrected chi connectivity index (χ4v) is 2.47. The first-order valence-electron chi connectivity index (χ1n) is 10.0. The fraction of sp³-hybridized carbons (Fsp3) is 0.304. The summed E-state index contributed by atoms with van der Waals surface area (Å²) >= 11 is 0. The van der Waals surface area contributed by atoms with Gasteiger partial charge in [-0.1, -0.05) is 26.5 Å². The van der Waals surface area contributed by atoms with Crippen molar-refractivity contribution >= 4 is 17.2 Å². The van der Waals surface area contributed by atoms with E-state index >= 15 is 0 Å². The Balaban J connectivity index is 0.00000218. The molecule has 0 aliphatic heterocycles. The normalized spacial score (nSPS) is 11.0. The van der Waals surface area contributed by atoms with Crippen molar-refractivity contribution in [2.75, 3.05) is 32.1 Å². The summed E-state index contributed by atoms with van der Waals surface area (Å²) in [5.41, 5.74) is 15.4. The highest BCUT2D eigenvalue weighted by Crippen LogP contribution is 2.25. The third-order valence-corrected chi connectivity index (χ3v) is 4.05. The van der Waals surface area contributed by atoms with E-state index in [1.807, 2.05) is 52.1 Å². The van der Waals surface area contributed by atoms with Crippen molar-refractivity contribution in [2.24, 2.45) is 11.5 Å². The van der Waals surface area contributed by atoms with Gasteiger partial charge < -0.3 is 26.8 Å². The number of ether oxygens (including phenoxy) is 1. The summed E-state index contributed by atoms with van der Waals surface area (Å²) in [7, 11) is 1.89. The molecule has 1 aromatic heterocycles. The van der Waals surface area contributed by atoms with Crippen molar-refractivity contribution in [1.82, 2.24) is 15.3 Å². The zero-order valence-corrected chi connectivity index (χ0v) is 18.4. The molecule has 0 fully saturated rings. The molecular weight excluding hydrogens is 376 g/mol. The van der Waals surface area contributed by atoms with E-state index in [-0.39, 0.29) is 0 Å². The van der Waals surface area contributed by atoms with Crippen LogP contribution in [0.3, 0.4) is 0 Å². The van der Waals surface area contributed by atoms with E-state index in [2.05, 4.69) is 27.2 Å². The largest absolute Gasteiger partial charge is 0.492 e. The molecule has 0 radical (unpaired) electrons. The van der Waals surface area contributed by atoms with Gasteiger partial charge in [0.2, 0.25) is 5.95 Å². The van der Waals surface area contributed by atoms with Gasteiger partial charge in [-0.25, -0.2) is 9.97 Å². The van der Waals surface area contributed by atoms with Gasteiger partial charge in [0.05, 0.1) is 5.69 Å². The number of nitrogens with one attached hydrogen (secondary N) is 2. The van der Waals surface area contributed by atoms with E-state index in [1.54, 1.807) is 18.3 Å². The zero-order valence-electron chi connectivity index (χ0n) is 18.4. The Bertz CT molecular complexity index is 861. The molecule has 1 aromatic carbocycles. The molecule has 7 nitrogen and oxygen atoms in total. The Morgan fingerprint density at radius 3 is 2.67 bits per heavy atom. The van der Waals surface area contributed by atoms with Crippen LogP contribution >= 0.6 is 0 Å². The average molecular weight is 411 g/mol. The molecule has 0 saturated carbocycles.